The molecule has 1 aromatic rings. The highest BCUT2D eigenvalue weighted by molar-refractivity contribution is 5.58. The first-order valence-corrected chi connectivity index (χ1v) is 4.00. The van der Waals surface area contributed by atoms with Crippen molar-refractivity contribution in [2.75, 3.05) is 0 Å². The summed E-state index contributed by atoms with van der Waals surface area (Å²) in [6, 6.07) is 1.90. The molecule has 0 aliphatic heterocycles. The third-order valence-electron chi connectivity index (χ3n) is 2.56. The molecule has 0 unspecified atom stereocenters. The van der Waals surface area contributed by atoms with E-state index in [9.17, 15) is 0 Å². The largest absolute Gasteiger partial charge is 0.388 e. The van der Waals surface area contributed by atoms with Crippen LogP contribution in [-0.4, -0.2) is 0 Å². The fraction of sp³-hybridized carbons (Fsp3) is 0.400. The molecule has 12 heavy (non-hydrogen) atoms. The van der Waals surface area contributed by atoms with Gasteiger partial charge >= 0.3 is 5.69 Å². The van der Waals surface area contributed by atoms with Crippen LogP contribution in [0.3, 0.4) is 0 Å². The SMILES string of the molecule is Cc1cc([N+]#N)c(C)c(C)c1C. The van der Waals surface area contributed by atoms with Gasteiger partial charge in [0.2, 0.25) is 5.39 Å². The Morgan fingerprint density at radius 3 is 2.08 bits per heavy atom. The van der Waals surface area contributed by atoms with Crippen molar-refractivity contribution in [3.8, 4) is 0 Å². The van der Waals surface area contributed by atoms with Crippen molar-refractivity contribution in [1.29, 1.82) is 5.39 Å². The van der Waals surface area contributed by atoms with Crippen molar-refractivity contribution in [2.45, 2.75) is 27.7 Å². The summed E-state index contributed by atoms with van der Waals surface area (Å²) in [5.41, 5.74) is 5.39. The first-order valence-electron chi connectivity index (χ1n) is 4.00. The highest BCUT2D eigenvalue weighted by Crippen LogP contribution is 2.26. The molecule has 0 radical (unpaired) electrons. The van der Waals surface area contributed by atoms with E-state index in [1.165, 1.54) is 16.7 Å². The van der Waals surface area contributed by atoms with Crippen LogP contribution in [0, 0.1) is 33.1 Å². The van der Waals surface area contributed by atoms with Gasteiger partial charge in [-0.05, 0) is 44.4 Å². The molecule has 0 aliphatic rings. The van der Waals surface area contributed by atoms with Gasteiger partial charge in [-0.25, -0.2) is 0 Å². The van der Waals surface area contributed by atoms with Gasteiger partial charge in [0.15, 0.2) is 4.98 Å². The molecule has 0 fully saturated rings. The van der Waals surface area contributed by atoms with Crippen molar-refractivity contribution in [1.82, 2.24) is 0 Å². The molecule has 0 atom stereocenters. The molecule has 0 spiro atoms. The summed E-state index contributed by atoms with van der Waals surface area (Å²) in [7, 11) is 0. The zero-order chi connectivity index (χ0) is 9.30. The van der Waals surface area contributed by atoms with Crippen LogP contribution in [0.25, 0.3) is 4.98 Å². The van der Waals surface area contributed by atoms with Gasteiger partial charge in [0.1, 0.15) is 0 Å². The molecule has 0 bridgehead atoms. The molecule has 0 saturated heterocycles. The van der Waals surface area contributed by atoms with Gasteiger partial charge < -0.3 is 0 Å². The van der Waals surface area contributed by atoms with Crippen molar-refractivity contribution >= 4 is 5.69 Å². The molecule has 0 amide bonds. The van der Waals surface area contributed by atoms with Gasteiger partial charge in [0.25, 0.3) is 0 Å². The van der Waals surface area contributed by atoms with Crippen LogP contribution >= 0.6 is 0 Å². The maximum atomic E-state index is 8.68. The Kier molecular flexibility index (Phi) is 2.14. The summed E-state index contributed by atoms with van der Waals surface area (Å²) in [5, 5.41) is 8.68. The van der Waals surface area contributed by atoms with Crippen LogP contribution in [0.15, 0.2) is 6.07 Å². The lowest BCUT2D eigenvalue weighted by Gasteiger charge is -2.04. The predicted molar refractivity (Wildman–Crippen MR) is 50.1 cm³/mol. The maximum Gasteiger partial charge on any atom is 0.388 e. The molecule has 0 N–H and O–H groups in total. The number of benzene rings is 1. The van der Waals surface area contributed by atoms with E-state index in [1.54, 1.807) is 0 Å². The third kappa shape index (κ3) is 1.18. The Labute approximate surface area is 72.9 Å². The lowest BCUT2D eigenvalue weighted by molar-refractivity contribution is 1.22. The van der Waals surface area contributed by atoms with Crippen molar-refractivity contribution in [3.05, 3.63) is 33.3 Å². The van der Waals surface area contributed by atoms with Gasteiger partial charge in [-0.2, -0.15) is 0 Å². The Morgan fingerprint density at radius 1 is 1.00 bits per heavy atom. The lowest BCUT2D eigenvalue weighted by Crippen LogP contribution is -1.89. The summed E-state index contributed by atoms with van der Waals surface area (Å²) in [5.74, 6) is 0. The van der Waals surface area contributed by atoms with E-state index < -0.39 is 0 Å². The molecule has 0 saturated carbocycles. The van der Waals surface area contributed by atoms with E-state index in [4.69, 9.17) is 5.39 Å². The summed E-state index contributed by atoms with van der Waals surface area (Å²) in [6.45, 7) is 8.12. The van der Waals surface area contributed by atoms with Crippen LogP contribution in [0.4, 0.5) is 5.69 Å². The zero-order valence-corrected chi connectivity index (χ0v) is 7.97. The smallest absolute Gasteiger partial charge is 0.0444 e. The first-order chi connectivity index (χ1) is 5.57. The highest BCUT2D eigenvalue weighted by atomic mass is 14.8. The molecule has 0 aliphatic carbocycles. The van der Waals surface area contributed by atoms with Gasteiger partial charge in [-0.1, -0.05) is 0 Å². The molecule has 0 heterocycles. The van der Waals surface area contributed by atoms with Crippen molar-refractivity contribution in [2.24, 2.45) is 0 Å². The van der Waals surface area contributed by atoms with Gasteiger partial charge in [-0.3, -0.25) is 0 Å². The normalized spacial score (nSPS) is 9.58. The number of diazo groups is 1. The van der Waals surface area contributed by atoms with Crippen LogP contribution in [-0.2, 0) is 0 Å². The molecule has 0 aromatic heterocycles. The van der Waals surface area contributed by atoms with E-state index in [1.807, 2.05) is 26.8 Å². The second-order valence-corrected chi connectivity index (χ2v) is 3.19. The maximum absolute atomic E-state index is 8.68. The van der Waals surface area contributed by atoms with Crippen molar-refractivity contribution in [3.63, 3.8) is 0 Å². The molecule has 62 valence electrons. The van der Waals surface area contributed by atoms with Crippen molar-refractivity contribution < 1.29 is 0 Å². The fourth-order valence-corrected chi connectivity index (χ4v) is 1.29. The van der Waals surface area contributed by atoms with E-state index in [0.29, 0.717) is 5.69 Å². The highest BCUT2D eigenvalue weighted by Gasteiger charge is 2.14. The Hall–Kier alpha value is -1.36. The van der Waals surface area contributed by atoms with Crippen LogP contribution in [0.1, 0.15) is 22.3 Å². The average Bonchev–Trinajstić information content (AvgIpc) is 2.08. The predicted octanol–water partition coefficient (Wildman–Crippen LogP) is 3.40. The van der Waals surface area contributed by atoms with Crippen LogP contribution in [0.5, 0.6) is 0 Å². The quantitative estimate of drug-likeness (QED) is 0.536. The topological polar surface area (TPSA) is 28.1 Å². The number of hydrogen-bond donors (Lipinski definition) is 0. The standard InChI is InChI=1S/C10H13N2/c1-6-5-10(12-11)9(4)8(3)7(6)2/h5H,1-4H3/q+1. The van der Waals surface area contributed by atoms with Gasteiger partial charge in [0, 0.05) is 11.6 Å². The summed E-state index contributed by atoms with van der Waals surface area (Å²) < 4.78 is 0. The monoisotopic (exact) mass is 161 g/mol. The molecule has 2 nitrogen and oxygen atoms in total. The fourth-order valence-electron chi connectivity index (χ4n) is 1.29. The first kappa shape index (κ1) is 8.73. The molecular weight excluding hydrogens is 148 g/mol. The summed E-state index contributed by atoms with van der Waals surface area (Å²) >= 11 is 0. The molecule has 1 aromatic carbocycles. The van der Waals surface area contributed by atoms with E-state index >= 15 is 0 Å². The Morgan fingerprint density at radius 2 is 1.58 bits per heavy atom. The minimum Gasteiger partial charge on any atom is -0.0444 e. The second kappa shape index (κ2) is 2.94. The Balaban J connectivity index is 3.52. The molecule has 1 rings (SSSR count). The van der Waals surface area contributed by atoms with E-state index in [-0.39, 0.29) is 0 Å². The lowest BCUT2D eigenvalue weighted by atomic mass is 9.98. The number of hydrogen-bond acceptors (Lipinski definition) is 1. The number of nitrogens with zero attached hydrogens (tertiary/aromatic N) is 2. The van der Waals surface area contributed by atoms with Crippen LogP contribution in [0.2, 0.25) is 0 Å². The van der Waals surface area contributed by atoms with Gasteiger partial charge in [-0.15, -0.1) is 0 Å². The Bertz CT molecular complexity index is 359. The second-order valence-electron chi connectivity index (χ2n) is 3.19. The average molecular weight is 161 g/mol. The van der Waals surface area contributed by atoms with E-state index in [0.717, 1.165) is 5.56 Å². The number of aryl methyl sites for hydroxylation is 1. The zero-order valence-electron chi connectivity index (χ0n) is 7.97. The summed E-state index contributed by atoms with van der Waals surface area (Å²) in [4.78, 5) is 3.23. The molecular formula is C10H13N2+. The molecule has 2 heteroatoms. The van der Waals surface area contributed by atoms with Gasteiger partial charge in [0.05, 0.1) is 0 Å². The van der Waals surface area contributed by atoms with Crippen LogP contribution < -0.4 is 0 Å². The number of rotatable bonds is 0. The summed E-state index contributed by atoms with van der Waals surface area (Å²) in [6.07, 6.45) is 0. The third-order valence-corrected chi connectivity index (χ3v) is 2.56. The van der Waals surface area contributed by atoms with E-state index in [2.05, 4.69) is 11.9 Å². The minimum absolute atomic E-state index is 0.676. The minimum atomic E-state index is 0.676.